The van der Waals surface area contributed by atoms with Crippen molar-refractivity contribution in [2.45, 2.75) is 12.5 Å². The first-order valence-corrected chi connectivity index (χ1v) is 9.11. The van der Waals surface area contributed by atoms with E-state index >= 15 is 0 Å². The van der Waals surface area contributed by atoms with E-state index in [2.05, 4.69) is 20.9 Å². The van der Waals surface area contributed by atoms with Gasteiger partial charge in [-0.15, -0.1) is 0 Å². The van der Waals surface area contributed by atoms with Gasteiger partial charge in [-0.1, -0.05) is 24.3 Å². The molecule has 0 aromatic heterocycles. The summed E-state index contributed by atoms with van der Waals surface area (Å²) in [6.07, 6.45) is 0.528. The minimum Gasteiger partial charge on any atom is -0.375 e. The van der Waals surface area contributed by atoms with Crippen molar-refractivity contribution in [2.24, 2.45) is 4.99 Å². The lowest BCUT2D eigenvalue weighted by Crippen LogP contribution is -2.40. The van der Waals surface area contributed by atoms with E-state index in [1.165, 1.54) is 12.1 Å². The summed E-state index contributed by atoms with van der Waals surface area (Å²) < 4.78 is 18.6. The normalized spacial score (nSPS) is 12.4. The second-order valence-corrected chi connectivity index (χ2v) is 6.19. The van der Waals surface area contributed by atoms with Crippen molar-refractivity contribution in [3.63, 3.8) is 0 Å². The molecule has 0 fully saturated rings. The molecule has 2 rings (SSSR count). The van der Waals surface area contributed by atoms with Crippen molar-refractivity contribution in [1.29, 1.82) is 0 Å². The first-order chi connectivity index (χ1) is 13.6. The Hall–Kier alpha value is -2.93. The van der Waals surface area contributed by atoms with Gasteiger partial charge in [-0.05, 0) is 41.8 Å². The SMILES string of the molecule is CN=C(NCCc1cccc(C(=O)NC)c1)NCC(OC)c1ccc(F)cc1. The van der Waals surface area contributed by atoms with Crippen LogP contribution in [-0.2, 0) is 11.2 Å². The van der Waals surface area contributed by atoms with Crippen molar-refractivity contribution in [2.75, 3.05) is 34.3 Å². The summed E-state index contributed by atoms with van der Waals surface area (Å²) >= 11 is 0. The fraction of sp³-hybridized carbons (Fsp3) is 0.333. The second kappa shape index (κ2) is 11.0. The molecule has 0 saturated carbocycles. The van der Waals surface area contributed by atoms with Gasteiger partial charge in [0.1, 0.15) is 5.82 Å². The summed E-state index contributed by atoms with van der Waals surface area (Å²) in [7, 11) is 4.93. The van der Waals surface area contributed by atoms with Gasteiger partial charge in [-0.25, -0.2) is 4.39 Å². The van der Waals surface area contributed by atoms with E-state index in [9.17, 15) is 9.18 Å². The monoisotopic (exact) mass is 386 g/mol. The van der Waals surface area contributed by atoms with E-state index in [1.54, 1.807) is 39.4 Å². The molecule has 0 aliphatic carbocycles. The van der Waals surface area contributed by atoms with Gasteiger partial charge >= 0.3 is 0 Å². The number of carbonyl (C=O) groups is 1. The van der Waals surface area contributed by atoms with Gasteiger partial charge < -0.3 is 20.7 Å². The fourth-order valence-corrected chi connectivity index (χ4v) is 2.76. The first-order valence-electron chi connectivity index (χ1n) is 9.11. The average molecular weight is 386 g/mol. The lowest BCUT2D eigenvalue weighted by Gasteiger charge is -2.19. The van der Waals surface area contributed by atoms with Crippen LogP contribution in [-0.4, -0.2) is 46.2 Å². The number of rotatable bonds is 8. The van der Waals surface area contributed by atoms with Crippen LogP contribution in [0.3, 0.4) is 0 Å². The largest absolute Gasteiger partial charge is 0.375 e. The van der Waals surface area contributed by atoms with E-state index in [1.807, 2.05) is 18.2 Å². The van der Waals surface area contributed by atoms with Gasteiger partial charge in [0.15, 0.2) is 5.96 Å². The number of carbonyl (C=O) groups excluding carboxylic acids is 1. The Balaban J connectivity index is 1.84. The van der Waals surface area contributed by atoms with Crippen LogP contribution in [0.1, 0.15) is 27.6 Å². The first kappa shape index (κ1) is 21.4. The number of guanidine groups is 1. The van der Waals surface area contributed by atoms with Crippen molar-refractivity contribution < 1.29 is 13.9 Å². The molecular formula is C21H27FN4O2. The van der Waals surface area contributed by atoms with Crippen LogP contribution in [0.2, 0.25) is 0 Å². The molecule has 0 bridgehead atoms. The predicted molar refractivity (Wildman–Crippen MR) is 109 cm³/mol. The van der Waals surface area contributed by atoms with Crippen molar-refractivity contribution in [1.82, 2.24) is 16.0 Å². The van der Waals surface area contributed by atoms with Crippen LogP contribution >= 0.6 is 0 Å². The molecule has 150 valence electrons. The zero-order valence-electron chi connectivity index (χ0n) is 16.5. The molecule has 0 heterocycles. The lowest BCUT2D eigenvalue weighted by molar-refractivity contribution is 0.0963. The summed E-state index contributed by atoms with van der Waals surface area (Å²) in [5.41, 5.74) is 2.59. The maximum absolute atomic E-state index is 13.1. The molecule has 2 aromatic rings. The molecule has 0 radical (unpaired) electrons. The maximum atomic E-state index is 13.1. The number of hydrogen-bond donors (Lipinski definition) is 3. The molecule has 3 N–H and O–H groups in total. The van der Waals surface area contributed by atoms with Crippen LogP contribution in [0.4, 0.5) is 4.39 Å². The van der Waals surface area contributed by atoms with E-state index in [0.29, 0.717) is 24.6 Å². The Labute approximate surface area is 165 Å². The fourth-order valence-electron chi connectivity index (χ4n) is 2.76. The molecule has 2 aromatic carbocycles. The van der Waals surface area contributed by atoms with Crippen LogP contribution in [0.5, 0.6) is 0 Å². The van der Waals surface area contributed by atoms with Crippen LogP contribution in [0.15, 0.2) is 53.5 Å². The van der Waals surface area contributed by atoms with E-state index in [0.717, 1.165) is 17.5 Å². The van der Waals surface area contributed by atoms with Crippen molar-refractivity contribution in [3.05, 3.63) is 71.0 Å². The number of nitrogens with one attached hydrogen (secondary N) is 3. The second-order valence-electron chi connectivity index (χ2n) is 6.19. The number of nitrogens with zero attached hydrogens (tertiary/aromatic N) is 1. The highest BCUT2D eigenvalue weighted by Gasteiger charge is 2.11. The number of hydrogen-bond acceptors (Lipinski definition) is 3. The molecule has 0 aliphatic heterocycles. The number of amides is 1. The number of ether oxygens (including phenoxy) is 1. The Bertz CT molecular complexity index is 793. The minimum atomic E-state index is -0.274. The van der Waals surface area contributed by atoms with Gasteiger partial charge in [0.05, 0.1) is 6.10 Å². The average Bonchev–Trinajstić information content (AvgIpc) is 2.73. The van der Waals surface area contributed by atoms with Gasteiger partial charge in [0.2, 0.25) is 0 Å². The zero-order valence-corrected chi connectivity index (χ0v) is 16.5. The third-order valence-electron chi connectivity index (χ3n) is 4.33. The highest BCUT2D eigenvalue weighted by molar-refractivity contribution is 5.94. The molecule has 6 nitrogen and oxygen atoms in total. The van der Waals surface area contributed by atoms with Crippen molar-refractivity contribution in [3.8, 4) is 0 Å². The number of benzene rings is 2. The third-order valence-corrected chi connectivity index (χ3v) is 4.33. The summed E-state index contributed by atoms with van der Waals surface area (Å²) in [6.45, 7) is 1.15. The van der Waals surface area contributed by atoms with Gasteiger partial charge in [-0.2, -0.15) is 0 Å². The summed E-state index contributed by atoms with van der Waals surface area (Å²) in [4.78, 5) is 15.9. The molecule has 0 aliphatic rings. The molecule has 0 saturated heterocycles. The van der Waals surface area contributed by atoms with E-state index < -0.39 is 0 Å². The highest BCUT2D eigenvalue weighted by atomic mass is 19.1. The van der Waals surface area contributed by atoms with Crippen LogP contribution in [0.25, 0.3) is 0 Å². The smallest absolute Gasteiger partial charge is 0.251 e. The Morgan fingerprint density at radius 1 is 1.18 bits per heavy atom. The summed E-state index contributed by atoms with van der Waals surface area (Å²) in [5.74, 6) is 0.273. The Morgan fingerprint density at radius 3 is 2.57 bits per heavy atom. The van der Waals surface area contributed by atoms with E-state index in [4.69, 9.17) is 4.74 Å². The molecule has 28 heavy (non-hydrogen) atoms. The third kappa shape index (κ3) is 6.35. The number of aliphatic imine (C=N–C) groups is 1. The van der Waals surface area contributed by atoms with Crippen LogP contribution < -0.4 is 16.0 Å². The lowest BCUT2D eigenvalue weighted by atomic mass is 10.1. The maximum Gasteiger partial charge on any atom is 0.251 e. The minimum absolute atomic E-state index is 0.0984. The predicted octanol–water partition coefficient (Wildman–Crippen LogP) is 2.28. The van der Waals surface area contributed by atoms with Gasteiger partial charge in [0, 0.05) is 39.9 Å². The van der Waals surface area contributed by atoms with Gasteiger partial charge in [0.25, 0.3) is 5.91 Å². The van der Waals surface area contributed by atoms with Gasteiger partial charge in [-0.3, -0.25) is 9.79 Å². The summed E-state index contributed by atoms with van der Waals surface area (Å²) in [6, 6.07) is 13.8. The topological polar surface area (TPSA) is 74.8 Å². The zero-order chi connectivity index (χ0) is 20.4. The molecule has 1 atom stereocenters. The Kier molecular flexibility index (Phi) is 8.42. The highest BCUT2D eigenvalue weighted by Crippen LogP contribution is 2.16. The molecule has 1 amide bonds. The Morgan fingerprint density at radius 2 is 1.93 bits per heavy atom. The molecular weight excluding hydrogens is 359 g/mol. The standard InChI is InChI=1S/C21H27FN4O2/c1-23-20(27)17-6-4-5-15(13-17)11-12-25-21(24-2)26-14-19(28-3)16-7-9-18(22)10-8-16/h4-10,13,19H,11-12,14H2,1-3H3,(H,23,27)(H2,24,25,26). The molecule has 7 heteroatoms. The molecule has 0 spiro atoms. The van der Waals surface area contributed by atoms with Crippen LogP contribution in [0, 0.1) is 5.82 Å². The van der Waals surface area contributed by atoms with E-state index in [-0.39, 0.29) is 17.8 Å². The molecule has 1 unspecified atom stereocenters. The number of halogens is 1. The summed E-state index contributed by atoms with van der Waals surface area (Å²) in [5, 5.41) is 9.08. The number of methoxy groups -OCH3 is 1. The quantitative estimate of drug-likeness (QED) is 0.481. The van der Waals surface area contributed by atoms with Crippen molar-refractivity contribution >= 4 is 11.9 Å².